The molecule has 0 atom stereocenters. The second kappa shape index (κ2) is 6.71. The maximum Gasteiger partial charge on any atom is 0.154 e. The maximum atomic E-state index is 12.9. The number of ether oxygens (including phenoxy) is 1. The molecule has 6 rings (SSSR count). The predicted molar refractivity (Wildman–Crippen MR) is 107 cm³/mol. The Labute approximate surface area is 166 Å². The van der Waals surface area contributed by atoms with Gasteiger partial charge in [0.05, 0.1) is 13.3 Å². The van der Waals surface area contributed by atoms with Crippen LogP contribution >= 0.6 is 0 Å². The Morgan fingerprint density at radius 1 is 1.18 bits per heavy atom. The van der Waals surface area contributed by atoms with Crippen molar-refractivity contribution in [2.75, 3.05) is 7.11 Å². The molecular weight excluding hydrogens is 350 g/mol. The first-order valence-corrected chi connectivity index (χ1v) is 10.6. The van der Waals surface area contributed by atoms with E-state index in [1.54, 1.807) is 11.8 Å². The normalized spacial score (nSPS) is 30.6. The van der Waals surface area contributed by atoms with Gasteiger partial charge in [0.15, 0.2) is 5.78 Å². The van der Waals surface area contributed by atoms with Crippen LogP contribution in [0, 0.1) is 30.1 Å². The summed E-state index contributed by atoms with van der Waals surface area (Å²) in [5, 5.41) is 8.53. The summed E-state index contributed by atoms with van der Waals surface area (Å²) in [4.78, 5) is 12.9. The minimum atomic E-state index is 0.293. The van der Waals surface area contributed by atoms with Crippen LogP contribution in [0.3, 0.4) is 0 Å². The van der Waals surface area contributed by atoms with Crippen molar-refractivity contribution >= 4 is 5.78 Å². The van der Waals surface area contributed by atoms with Crippen molar-refractivity contribution in [2.45, 2.75) is 58.4 Å². The van der Waals surface area contributed by atoms with Crippen LogP contribution in [0.25, 0.3) is 11.3 Å². The molecule has 2 aromatic rings. The number of aryl methyl sites for hydroxylation is 1. The van der Waals surface area contributed by atoms with Crippen LogP contribution < -0.4 is 4.74 Å². The quantitative estimate of drug-likeness (QED) is 0.745. The molecule has 0 aliphatic heterocycles. The summed E-state index contributed by atoms with van der Waals surface area (Å²) in [5.41, 5.74) is 3.22. The Balaban J connectivity index is 1.27. The van der Waals surface area contributed by atoms with Crippen molar-refractivity contribution in [3.8, 4) is 17.0 Å². The van der Waals surface area contributed by atoms with Crippen LogP contribution in [-0.2, 0) is 11.3 Å². The van der Waals surface area contributed by atoms with Gasteiger partial charge in [0.2, 0.25) is 0 Å². The lowest BCUT2D eigenvalue weighted by atomic mass is 9.48. The van der Waals surface area contributed by atoms with E-state index in [1.807, 2.05) is 31.3 Å². The molecule has 4 aliphatic carbocycles. The second-order valence-electron chi connectivity index (χ2n) is 9.62. The molecule has 0 radical (unpaired) electrons. The number of hydrogen-bond acceptors (Lipinski definition) is 4. The zero-order valence-electron chi connectivity index (χ0n) is 16.9. The topological polar surface area (TPSA) is 57.0 Å². The summed E-state index contributed by atoms with van der Waals surface area (Å²) in [5.74, 6) is 3.80. The molecule has 4 bridgehead atoms. The molecule has 28 heavy (non-hydrogen) atoms. The van der Waals surface area contributed by atoms with Gasteiger partial charge in [-0.2, -0.15) is 0 Å². The van der Waals surface area contributed by atoms with Crippen molar-refractivity contribution in [1.82, 2.24) is 15.0 Å². The number of nitrogens with zero attached hydrogens (tertiary/aromatic N) is 3. The first-order valence-electron chi connectivity index (χ1n) is 10.6. The van der Waals surface area contributed by atoms with Gasteiger partial charge in [-0.15, -0.1) is 5.10 Å². The van der Waals surface area contributed by atoms with Crippen LogP contribution in [0.4, 0.5) is 0 Å². The van der Waals surface area contributed by atoms with E-state index >= 15 is 0 Å². The number of rotatable bonds is 6. The molecule has 4 fully saturated rings. The predicted octanol–water partition coefficient (Wildman–Crippen LogP) is 4.44. The Hall–Kier alpha value is -2.17. The van der Waals surface area contributed by atoms with Gasteiger partial charge in [-0.3, -0.25) is 4.79 Å². The lowest BCUT2D eigenvalue weighted by molar-refractivity contribution is -0.128. The van der Waals surface area contributed by atoms with E-state index in [1.165, 1.54) is 38.5 Å². The van der Waals surface area contributed by atoms with Crippen molar-refractivity contribution in [2.24, 2.45) is 23.2 Å². The van der Waals surface area contributed by atoms with Crippen LogP contribution in [0.1, 0.15) is 50.5 Å². The molecule has 0 unspecified atom stereocenters. The second-order valence-corrected chi connectivity index (χ2v) is 9.62. The molecule has 1 aromatic heterocycles. The first kappa shape index (κ1) is 17.9. The summed E-state index contributed by atoms with van der Waals surface area (Å²) in [7, 11) is 1.67. The van der Waals surface area contributed by atoms with Crippen LogP contribution in [0.2, 0.25) is 0 Å². The Morgan fingerprint density at radius 3 is 2.46 bits per heavy atom. The summed E-state index contributed by atoms with van der Waals surface area (Å²) < 4.78 is 6.98. The number of carbonyl (C=O) groups is 1. The van der Waals surface area contributed by atoms with Gasteiger partial charge >= 0.3 is 0 Å². The molecule has 1 heterocycles. The number of hydrogen-bond donors (Lipinski definition) is 0. The monoisotopic (exact) mass is 379 g/mol. The zero-order chi connectivity index (χ0) is 19.3. The number of Topliss-reactive ketones (excluding diaryl/α,β-unsaturated/α-hetero) is 1. The first-order chi connectivity index (χ1) is 13.5. The number of aromatic nitrogens is 3. The number of ketones is 1. The van der Waals surface area contributed by atoms with E-state index in [-0.39, 0.29) is 0 Å². The third kappa shape index (κ3) is 3.25. The number of methoxy groups -OCH3 is 1. The molecule has 5 nitrogen and oxygen atoms in total. The standard InChI is InChI=1S/C23H29N3O2/c1-15-5-20(28-2)3-4-21(15)22-14-26(25-24-22)13-19(27)12-23-9-16-6-17(10-23)8-18(7-16)11-23/h3-5,14,16-18H,6-13H2,1-2H3. The smallest absolute Gasteiger partial charge is 0.154 e. The molecule has 148 valence electrons. The summed E-state index contributed by atoms with van der Waals surface area (Å²) in [6, 6.07) is 5.92. The third-order valence-electron chi connectivity index (χ3n) is 7.32. The average Bonchev–Trinajstić information content (AvgIpc) is 3.07. The van der Waals surface area contributed by atoms with E-state index in [4.69, 9.17) is 4.74 Å². The van der Waals surface area contributed by atoms with E-state index < -0.39 is 0 Å². The van der Waals surface area contributed by atoms with E-state index in [2.05, 4.69) is 10.3 Å². The SMILES string of the molecule is COc1ccc(-c2cn(CC(=O)CC34CC5CC(CC(C5)C3)C4)nn2)c(C)c1. The largest absolute Gasteiger partial charge is 0.497 e. The van der Waals surface area contributed by atoms with Crippen molar-refractivity contribution < 1.29 is 9.53 Å². The van der Waals surface area contributed by atoms with E-state index in [0.717, 1.165) is 46.7 Å². The third-order valence-corrected chi connectivity index (χ3v) is 7.32. The van der Waals surface area contributed by atoms with Crippen molar-refractivity contribution in [3.05, 3.63) is 30.0 Å². The van der Waals surface area contributed by atoms with Gasteiger partial charge in [-0.1, -0.05) is 5.21 Å². The summed E-state index contributed by atoms with van der Waals surface area (Å²) >= 11 is 0. The van der Waals surface area contributed by atoms with Crippen molar-refractivity contribution in [3.63, 3.8) is 0 Å². The molecule has 0 amide bonds. The molecular formula is C23H29N3O2. The Morgan fingerprint density at radius 2 is 1.86 bits per heavy atom. The Bertz CT molecular complexity index is 866. The minimum Gasteiger partial charge on any atom is -0.497 e. The zero-order valence-corrected chi connectivity index (χ0v) is 16.9. The van der Waals surface area contributed by atoms with Gasteiger partial charge in [-0.05, 0) is 92.4 Å². The number of benzene rings is 1. The van der Waals surface area contributed by atoms with Crippen LogP contribution in [0.15, 0.2) is 24.4 Å². The fourth-order valence-corrected chi connectivity index (χ4v) is 6.71. The summed E-state index contributed by atoms with van der Waals surface area (Å²) in [6.45, 7) is 2.37. The molecule has 5 heteroatoms. The van der Waals surface area contributed by atoms with E-state index in [0.29, 0.717) is 17.7 Å². The van der Waals surface area contributed by atoms with Crippen LogP contribution in [-0.4, -0.2) is 27.9 Å². The summed E-state index contributed by atoms with van der Waals surface area (Å²) in [6.07, 6.45) is 10.7. The van der Waals surface area contributed by atoms with E-state index in [9.17, 15) is 4.79 Å². The lowest BCUT2D eigenvalue weighted by Gasteiger charge is -2.56. The van der Waals surface area contributed by atoms with Gasteiger partial charge in [0, 0.05) is 12.0 Å². The molecule has 4 saturated carbocycles. The van der Waals surface area contributed by atoms with Gasteiger partial charge in [0.25, 0.3) is 0 Å². The minimum absolute atomic E-state index is 0.293. The van der Waals surface area contributed by atoms with Crippen molar-refractivity contribution in [1.29, 1.82) is 0 Å². The van der Waals surface area contributed by atoms with Crippen LogP contribution in [0.5, 0.6) is 5.75 Å². The van der Waals surface area contributed by atoms with Gasteiger partial charge < -0.3 is 4.74 Å². The van der Waals surface area contributed by atoms with Gasteiger partial charge in [0.1, 0.15) is 18.0 Å². The lowest BCUT2D eigenvalue weighted by Crippen LogP contribution is -2.47. The highest BCUT2D eigenvalue weighted by atomic mass is 16.5. The highest BCUT2D eigenvalue weighted by Gasteiger charge is 2.51. The average molecular weight is 380 g/mol. The molecule has 0 N–H and O–H groups in total. The molecule has 1 aromatic carbocycles. The molecule has 4 aliphatic rings. The highest BCUT2D eigenvalue weighted by molar-refractivity contribution is 5.79. The maximum absolute atomic E-state index is 12.9. The van der Waals surface area contributed by atoms with Gasteiger partial charge in [-0.25, -0.2) is 4.68 Å². The Kier molecular flexibility index (Phi) is 4.29. The highest BCUT2D eigenvalue weighted by Crippen LogP contribution is 2.61. The molecule has 0 spiro atoms. The fourth-order valence-electron chi connectivity index (χ4n) is 6.71. The number of carbonyl (C=O) groups excluding carboxylic acids is 1. The molecule has 0 saturated heterocycles. The fraction of sp³-hybridized carbons (Fsp3) is 0.609.